The van der Waals surface area contributed by atoms with Crippen LogP contribution in [0.2, 0.25) is 0 Å². The molecule has 0 atom stereocenters. The van der Waals surface area contributed by atoms with E-state index in [0.717, 1.165) is 29.1 Å². The molecule has 3 aromatic rings. The van der Waals surface area contributed by atoms with Gasteiger partial charge in [0.2, 0.25) is 0 Å². The molecule has 20 heavy (non-hydrogen) atoms. The Bertz CT molecular complexity index is 736. The summed E-state index contributed by atoms with van der Waals surface area (Å²) in [5, 5.41) is 7.63. The number of alkyl halides is 1. The predicted molar refractivity (Wildman–Crippen MR) is 81.0 cm³/mol. The van der Waals surface area contributed by atoms with Gasteiger partial charge in [-0.15, -0.1) is 11.6 Å². The van der Waals surface area contributed by atoms with E-state index in [1.54, 1.807) is 10.8 Å². The third-order valence-electron chi connectivity index (χ3n) is 3.14. The number of aromatic nitrogens is 3. The van der Waals surface area contributed by atoms with Gasteiger partial charge in [0.05, 0.1) is 0 Å². The van der Waals surface area contributed by atoms with Crippen molar-refractivity contribution in [3.63, 3.8) is 0 Å². The fourth-order valence-electron chi connectivity index (χ4n) is 2.20. The SMILES string of the molecule is Cc1cc(NCc2cccc(CCl)c2)n2ncnc2c1. The summed E-state index contributed by atoms with van der Waals surface area (Å²) in [6, 6.07) is 12.3. The number of anilines is 1. The van der Waals surface area contributed by atoms with E-state index in [9.17, 15) is 0 Å². The number of nitrogens with one attached hydrogen (secondary N) is 1. The first-order valence-corrected chi connectivity index (χ1v) is 6.98. The molecule has 5 heteroatoms. The van der Waals surface area contributed by atoms with Crippen molar-refractivity contribution < 1.29 is 0 Å². The van der Waals surface area contributed by atoms with Gasteiger partial charge in [0, 0.05) is 12.4 Å². The molecule has 102 valence electrons. The monoisotopic (exact) mass is 286 g/mol. The van der Waals surface area contributed by atoms with E-state index < -0.39 is 0 Å². The molecule has 0 amide bonds. The van der Waals surface area contributed by atoms with Gasteiger partial charge < -0.3 is 5.32 Å². The topological polar surface area (TPSA) is 42.2 Å². The van der Waals surface area contributed by atoms with Crippen molar-refractivity contribution in [2.75, 3.05) is 5.32 Å². The Morgan fingerprint density at radius 1 is 1.20 bits per heavy atom. The fourth-order valence-corrected chi connectivity index (χ4v) is 2.36. The first-order valence-electron chi connectivity index (χ1n) is 6.44. The van der Waals surface area contributed by atoms with Crippen molar-refractivity contribution in [2.24, 2.45) is 0 Å². The molecule has 0 aliphatic heterocycles. The van der Waals surface area contributed by atoms with Crippen LogP contribution in [0.25, 0.3) is 5.65 Å². The van der Waals surface area contributed by atoms with Gasteiger partial charge in [-0.2, -0.15) is 9.61 Å². The van der Waals surface area contributed by atoms with Crippen LogP contribution in [-0.2, 0) is 12.4 Å². The average Bonchev–Trinajstić information content (AvgIpc) is 2.93. The summed E-state index contributed by atoms with van der Waals surface area (Å²) in [6.07, 6.45) is 1.56. The highest BCUT2D eigenvalue weighted by Gasteiger charge is 2.04. The van der Waals surface area contributed by atoms with E-state index in [0.29, 0.717) is 5.88 Å². The minimum Gasteiger partial charge on any atom is -0.366 e. The first kappa shape index (κ1) is 12.9. The van der Waals surface area contributed by atoms with Crippen molar-refractivity contribution in [3.8, 4) is 0 Å². The molecule has 0 spiro atoms. The predicted octanol–water partition coefficient (Wildman–Crippen LogP) is 3.39. The molecule has 1 N–H and O–H groups in total. The highest BCUT2D eigenvalue weighted by molar-refractivity contribution is 6.17. The van der Waals surface area contributed by atoms with Crippen molar-refractivity contribution in [2.45, 2.75) is 19.3 Å². The zero-order valence-corrected chi connectivity index (χ0v) is 11.9. The summed E-state index contributed by atoms with van der Waals surface area (Å²) in [4.78, 5) is 4.22. The quantitative estimate of drug-likeness (QED) is 0.748. The summed E-state index contributed by atoms with van der Waals surface area (Å²) >= 11 is 5.86. The molecule has 0 unspecified atom stereocenters. The molecule has 0 radical (unpaired) electrons. The third kappa shape index (κ3) is 2.60. The minimum atomic E-state index is 0.533. The molecule has 0 aliphatic carbocycles. The van der Waals surface area contributed by atoms with Crippen LogP contribution in [0.15, 0.2) is 42.7 Å². The Hall–Kier alpha value is -2.07. The molecule has 2 aromatic heterocycles. The lowest BCUT2D eigenvalue weighted by Crippen LogP contribution is -2.05. The molecular weight excluding hydrogens is 272 g/mol. The number of hydrogen-bond acceptors (Lipinski definition) is 3. The third-order valence-corrected chi connectivity index (χ3v) is 3.45. The van der Waals surface area contributed by atoms with Crippen molar-refractivity contribution in [1.82, 2.24) is 14.6 Å². The Kier molecular flexibility index (Phi) is 3.56. The van der Waals surface area contributed by atoms with Gasteiger partial charge in [0.25, 0.3) is 0 Å². The summed E-state index contributed by atoms with van der Waals surface area (Å²) in [6.45, 7) is 2.77. The van der Waals surface area contributed by atoms with Gasteiger partial charge in [0.15, 0.2) is 5.65 Å². The van der Waals surface area contributed by atoms with Crippen LogP contribution in [-0.4, -0.2) is 14.6 Å². The van der Waals surface area contributed by atoms with Crippen LogP contribution in [0.3, 0.4) is 0 Å². The zero-order chi connectivity index (χ0) is 13.9. The van der Waals surface area contributed by atoms with Crippen LogP contribution in [0, 0.1) is 6.92 Å². The summed E-state index contributed by atoms with van der Waals surface area (Å²) in [5.41, 5.74) is 4.32. The molecule has 0 bridgehead atoms. The fraction of sp³-hybridized carbons (Fsp3) is 0.200. The number of fused-ring (bicyclic) bond motifs is 1. The largest absolute Gasteiger partial charge is 0.366 e. The van der Waals surface area contributed by atoms with E-state index in [2.05, 4.69) is 33.6 Å². The second-order valence-corrected chi connectivity index (χ2v) is 5.02. The van der Waals surface area contributed by atoms with E-state index in [1.807, 2.05) is 25.1 Å². The number of aryl methyl sites for hydroxylation is 1. The van der Waals surface area contributed by atoms with Gasteiger partial charge >= 0.3 is 0 Å². The van der Waals surface area contributed by atoms with Crippen molar-refractivity contribution >= 4 is 23.1 Å². The van der Waals surface area contributed by atoms with Gasteiger partial charge in [-0.25, -0.2) is 4.98 Å². The smallest absolute Gasteiger partial charge is 0.157 e. The maximum Gasteiger partial charge on any atom is 0.157 e. The first-order chi connectivity index (χ1) is 9.76. The lowest BCUT2D eigenvalue weighted by atomic mass is 10.1. The normalized spacial score (nSPS) is 10.9. The molecule has 0 saturated heterocycles. The van der Waals surface area contributed by atoms with Gasteiger partial charge in [-0.05, 0) is 35.7 Å². The lowest BCUT2D eigenvalue weighted by Gasteiger charge is -2.10. The Balaban J connectivity index is 1.84. The van der Waals surface area contributed by atoms with Gasteiger partial charge in [-0.3, -0.25) is 0 Å². The van der Waals surface area contributed by atoms with E-state index in [-0.39, 0.29) is 0 Å². The Labute approximate surface area is 122 Å². The van der Waals surface area contributed by atoms with Crippen LogP contribution in [0.5, 0.6) is 0 Å². The number of hydrogen-bond donors (Lipinski definition) is 1. The molecule has 0 aliphatic rings. The second kappa shape index (κ2) is 5.51. The van der Waals surface area contributed by atoms with Crippen molar-refractivity contribution in [1.29, 1.82) is 0 Å². The molecule has 0 fully saturated rings. The van der Waals surface area contributed by atoms with Crippen LogP contribution in [0.4, 0.5) is 5.82 Å². The maximum absolute atomic E-state index is 5.86. The number of halogens is 1. The molecule has 3 rings (SSSR count). The molecule has 1 aromatic carbocycles. The number of pyridine rings is 1. The molecule has 2 heterocycles. The summed E-state index contributed by atoms with van der Waals surface area (Å²) in [7, 11) is 0. The molecular formula is C15H15ClN4. The zero-order valence-electron chi connectivity index (χ0n) is 11.2. The highest BCUT2D eigenvalue weighted by atomic mass is 35.5. The van der Waals surface area contributed by atoms with E-state index >= 15 is 0 Å². The van der Waals surface area contributed by atoms with Crippen LogP contribution >= 0.6 is 11.6 Å². The standard InChI is InChI=1S/C15H15ClN4/c1-11-5-14(20-15(6-11)18-10-19-20)17-9-13-4-2-3-12(7-13)8-16/h2-7,10,17H,8-9H2,1H3. The molecule has 4 nitrogen and oxygen atoms in total. The summed E-state index contributed by atoms with van der Waals surface area (Å²) < 4.78 is 1.80. The highest BCUT2D eigenvalue weighted by Crippen LogP contribution is 2.15. The number of benzene rings is 1. The van der Waals surface area contributed by atoms with E-state index in [4.69, 9.17) is 11.6 Å². The average molecular weight is 287 g/mol. The number of rotatable bonds is 4. The molecule has 0 saturated carbocycles. The minimum absolute atomic E-state index is 0.533. The van der Waals surface area contributed by atoms with Crippen LogP contribution < -0.4 is 5.32 Å². The lowest BCUT2D eigenvalue weighted by molar-refractivity contribution is 0.940. The summed E-state index contributed by atoms with van der Waals surface area (Å²) in [5.74, 6) is 1.47. The Morgan fingerprint density at radius 3 is 2.90 bits per heavy atom. The van der Waals surface area contributed by atoms with E-state index in [1.165, 1.54) is 5.56 Å². The van der Waals surface area contributed by atoms with Crippen LogP contribution in [0.1, 0.15) is 16.7 Å². The second-order valence-electron chi connectivity index (χ2n) is 4.76. The Morgan fingerprint density at radius 2 is 2.05 bits per heavy atom. The van der Waals surface area contributed by atoms with Gasteiger partial charge in [0.1, 0.15) is 12.1 Å². The van der Waals surface area contributed by atoms with Crippen molar-refractivity contribution in [3.05, 3.63) is 59.4 Å². The maximum atomic E-state index is 5.86. The van der Waals surface area contributed by atoms with Gasteiger partial charge in [-0.1, -0.05) is 24.3 Å². The number of nitrogens with zero attached hydrogens (tertiary/aromatic N) is 3.